The average molecular weight is 209 g/mol. The molecule has 0 aromatic rings. The van der Waals surface area contributed by atoms with Gasteiger partial charge in [-0.1, -0.05) is 0 Å². The van der Waals surface area contributed by atoms with Crippen molar-refractivity contribution in [2.75, 3.05) is 26.3 Å². The second-order valence-corrected chi connectivity index (χ2v) is 4.29. The van der Waals surface area contributed by atoms with Gasteiger partial charge in [-0.25, -0.2) is 0 Å². The molecule has 1 fully saturated rings. The summed E-state index contributed by atoms with van der Waals surface area (Å²) in [6.45, 7) is 5.20. The molecule has 1 saturated heterocycles. The van der Waals surface area contributed by atoms with Crippen molar-refractivity contribution < 1.29 is 9.53 Å². The van der Waals surface area contributed by atoms with Gasteiger partial charge in [0.05, 0.1) is 13.2 Å². The smallest absolute Gasteiger partial charge is 0.157 e. The number of carbonyl (C=O) groups excluding carboxylic acids is 1. The van der Waals surface area contributed by atoms with Gasteiger partial charge in [0.1, 0.15) is 0 Å². The Kier molecular flexibility index (Phi) is 3.41. The number of ketones is 1. The van der Waals surface area contributed by atoms with Crippen LogP contribution in [0.5, 0.6) is 0 Å². The Hall–Kier alpha value is -0.830. The zero-order valence-electron chi connectivity index (χ0n) is 9.42. The van der Waals surface area contributed by atoms with Gasteiger partial charge in [-0.3, -0.25) is 4.79 Å². The van der Waals surface area contributed by atoms with E-state index in [9.17, 15) is 4.79 Å². The molecule has 0 aromatic carbocycles. The monoisotopic (exact) mass is 209 g/mol. The largest absolute Gasteiger partial charge is 0.378 e. The second-order valence-electron chi connectivity index (χ2n) is 4.29. The standard InChI is InChI=1S/C12H19NO2/c1-10(14)11-4-2-3-5-12(11)13-6-8-15-9-7-13/h2-9H2,1H3. The predicted molar refractivity (Wildman–Crippen MR) is 58.6 cm³/mol. The number of hydrogen-bond donors (Lipinski definition) is 0. The van der Waals surface area contributed by atoms with Gasteiger partial charge in [0.2, 0.25) is 0 Å². The van der Waals surface area contributed by atoms with Crippen LogP contribution in [-0.4, -0.2) is 37.0 Å². The molecule has 1 heterocycles. The van der Waals surface area contributed by atoms with Crippen LogP contribution in [0.2, 0.25) is 0 Å². The molecule has 0 unspecified atom stereocenters. The minimum atomic E-state index is 0.260. The quantitative estimate of drug-likeness (QED) is 0.693. The van der Waals surface area contributed by atoms with Crippen molar-refractivity contribution in [3.63, 3.8) is 0 Å². The summed E-state index contributed by atoms with van der Waals surface area (Å²) in [5.41, 5.74) is 2.38. The summed E-state index contributed by atoms with van der Waals surface area (Å²) in [6.07, 6.45) is 4.45. The molecule has 1 aliphatic carbocycles. The third-order valence-electron chi connectivity index (χ3n) is 3.26. The summed E-state index contributed by atoms with van der Waals surface area (Å²) < 4.78 is 5.34. The van der Waals surface area contributed by atoms with Gasteiger partial charge in [-0.05, 0) is 32.6 Å². The molecule has 2 rings (SSSR count). The Morgan fingerprint density at radius 1 is 1.20 bits per heavy atom. The first kappa shape index (κ1) is 10.7. The normalized spacial score (nSPS) is 23.1. The van der Waals surface area contributed by atoms with E-state index < -0.39 is 0 Å². The summed E-state index contributed by atoms with van der Waals surface area (Å²) >= 11 is 0. The van der Waals surface area contributed by atoms with E-state index in [-0.39, 0.29) is 5.78 Å². The number of hydrogen-bond acceptors (Lipinski definition) is 3. The highest BCUT2D eigenvalue weighted by Gasteiger charge is 2.22. The maximum absolute atomic E-state index is 11.5. The summed E-state index contributed by atoms with van der Waals surface area (Å²) in [4.78, 5) is 13.9. The molecule has 3 heteroatoms. The minimum Gasteiger partial charge on any atom is -0.378 e. The van der Waals surface area contributed by atoms with Crippen molar-refractivity contribution >= 4 is 5.78 Å². The molecular formula is C12H19NO2. The van der Waals surface area contributed by atoms with E-state index in [1.807, 2.05) is 0 Å². The molecule has 0 aromatic heterocycles. The van der Waals surface area contributed by atoms with Crippen molar-refractivity contribution in [3.05, 3.63) is 11.3 Å². The number of Topliss-reactive ketones (excluding diaryl/α,β-unsaturated/α-hetero) is 1. The highest BCUT2D eigenvalue weighted by molar-refractivity contribution is 5.94. The van der Waals surface area contributed by atoms with Crippen LogP contribution >= 0.6 is 0 Å². The van der Waals surface area contributed by atoms with Crippen LogP contribution < -0.4 is 0 Å². The number of allylic oxidation sites excluding steroid dienone is 2. The maximum Gasteiger partial charge on any atom is 0.157 e. The Labute approximate surface area is 91.1 Å². The average Bonchev–Trinajstić information content (AvgIpc) is 2.30. The van der Waals surface area contributed by atoms with Crippen molar-refractivity contribution in [1.82, 2.24) is 4.90 Å². The van der Waals surface area contributed by atoms with Crippen molar-refractivity contribution in [2.45, 2.75) is 32.6 Å². The van der Waals surface area contributed by atoms with Gasteiger partial charge in [-0.15, -0.1) is 0 Å². The summed E-state index contributed by atoms with van der Waals surface area (Å²) in [6, 6.07) is 0. The molecule has 0 atom stereocenters. The molecule has 0 N–H and O–H groups in total. The van der Waals surface area contributed by atoms with Crippen LogP contribution in [0, 0.1) is 0 Å². The highest BCUT2D eigenvalue weighted by atomic mass is 16.5. The lowest BCUT2D eigenvalue weighted by Gasteiger charge is -2.34. The number of ether oxygens (including phenoxy) is 1. The first-order valence-electron chi connectivity index (χ1n) is 5.84. The molecule has 3 nitrogen and oxygen atoms in total. The number of rotatable bonds is 2. The third-order valence-corrected chi connectivity index (χ3v) is 3.26. The molecule has 0 amide bonds. The lowest BCUT2D eigenvalue weighted by atomic mass is 9.93. The first-order chi connectivity index (χ1) is 7.29. The van der Waals surface area contributed by atoms with E-state index in [0.717, 1.165) is 44.7 Å². The molecule has 0 bridgehead atoms. The van der Waals surface area contributed by atoms with Crippen LogP contribution in [0.15, 0.2) is 11.3 Å². The van der Waals surface area contributed by atoms with Crippen molar-refractivity contribution in [1.29, 1.82) is 0 Å². The number of carbonyl (C=O) groups is 1. The van der Waals surface area contributed by atoms with E-state index >= 15 is 0 Å². The van der Waals surface area contributed by atoms with E-state index in [0.29, 0.717) is 0 Å². The van der Waals surface area contributed by atoms with Gasteiger partial charge in [0.25, 0.3) is 0 Å². The van der Waals surface area contributed by atoms with E-state index in [1.165, 1.54) is 18.5 Å². The fraction of sp³-hybridized carbons (Fsp3) is 0.750. The lowest BCUT2D eigenvalue weighted by molar-refractivity contribution is -0.114. The lowest BCUT2D eigenvalue weighted by Crippen LogP contribution is -2.37. The third kappa shape index (κ3) is 2.40. The van der Waals surface area contributed by atoms with Crippen LogP contribution in [0.4, 0.5) is 0 Å². The fourth-order valence-electron chi connectivity index (χ4n) is 2.45. The number of nitrogens with zero attached hydrogens (tertiary/aromatic N) is 1. The molecule has 0 radical (unpaired) electrons. The zero-order valence-corrected chi connectivity index (χ0v) is 9.42. The Morgan fingerprint density at radius 3 is 2.53 bits per heavy atom. The Bertz CT molecular complexity index is 277. The van der Waals surface area contributed by atoms with Crippen LogP contribution in [0.1, 0.15) is 32.6 Å². The fourth-order valence-corrected chi connectivity index (χ4v) is 2.45. The van der Waals surface area contributed by atoms with Gasteiger partial charge in [-0.2, -0.15) is 0 Å². The van der Waals surface area contributed by atoms with Gasteiger partial charge in [0, 0.05) is 24.4 Å². The SMILES string of the molecule is CC(=O)C1=C(N2CCOCC2)CCCC1. The summed E-state index contributed by atoms with van der Waals surface area (Å²) in [5, 5.41) is 0. The molecular weight excluding hydrogens is 190 g/mol. The topological polar surface area (TPSA) is 29.5 Å². The molecule has 0 saturated carbocycles. The van der Waals surface area contributed by atoms with Gasteiger partial charge in [0.15, 0.2) is 5.78 Å². The Balaban J connectivity index is 2.17. The minimum absolute atomic E-state index is 0.260. The summed E-state index contributed by atoms with van der Waals surface area (Å²) in [5.74, 6) is 0.260. The summed E-state index contributed by atoms with van der Waals surface area (Å²) in [7, 11) is 0. The number of morpholine rings is 1. The van der Waals surface area contributed by atoms with E-state index in [4.69, 9.17) is 4.74 Å². The van der Waals surface area contributed by atoms with Crippen molar-refractivity contribution in [2.24, 2.45) is 0 Å². The maximum atomic E-state index is 11.5. The first-order valence-corrected chi connectivity index (χ1v) is 5.84. The molecule has 0 spiro atoms. The van der Waals surface area contributed by atoms with Gasteiger partial charge < -0.3 is 9.64 Å². The second kappa shape index (κ2) is 4.79. The van der Waals surface area contributed by atoms with Crippen LogP contribution in [0.3, 0.4) is 0 Å². The van der Waals surface area contributed by atoms with Crippen molar-refractivity contribution in [3.8, 4) is 0 Å². The molecule has 84 valence electrons. The van der Waals surface area contributed by atoms with E-state index in [2.05, 4.69) is 4.90 Å². The van der Waals surface area contributed by atoms with E-state index in [1.54, 1.807) is 6.92 Å². The highest BCUT2D eigenvalue weighted by Crippen LogP contribution is 2.28. The van der Waals surface area contributed by atoms with Crippen LogP contribution in [0.25, 0.3) is 0 Å². The van der Waals surface area contributed by atoms with Gasteiger partial charge >= 0.3 is 0 Å². The Morgan fingerprint density at radius 2 is 1.87 bits per heavy atom. The molecule has 1 aliphatic heterocycles. The molecule has 15 heavy (non-hydrogen) atoms. The van der Waals surface area contributed by atoms with Crippen LogP contribution in [-0.2, 0) is 9.53 Å². The molecule has 2 aliphatic rings. The zero-order chi connectivity index (χ0) is 10.7. The predicted octanol–water partition coefficient (Wildman–Crippen LogP) is 1.74.